The number of ether oxygens (including phenoxy) is 1. The fourth-order valence-corrected chi connectivity index (χ4v) is 1.58. The maximum atomic E-state index is 8.72. The van der Waals surface area contributed by atoms with Crippen LogP contribution in [0.1, 0.15) is 11.1 Å². The van der Waals surface area contributed by atoms with E-state index in [2.05, 4.69) is 20.3 Å². The van der Waals surface area contributed by atoms with Crippen LogP contribution in [0.5, 0.6) is 5.75 Å². The van der Waals surface area contributed by atoms with E-state index in [9.17, 15) is 0 Å². The summed E-state index contributed by atoms with van der Waals surface area (Å²) in [6, 6.07) is 10.8. The van der Waals surface area contributed by atoms with Gasteiger partial charge in [0, 0.05) is 18.0 Å². The highest BCUT2D eigenvalue weighted by molar-refractivity contribution is 6.38. The van der Waals surface area contributed by atoms with Crippen LogP contribution in [0.3, 0.4) is 0 Å². The third-order valence-electron chi connectivity index (χ3n) is 2.64. The summed E-state index contributed by atoms with van der Waals surface area (Å²) in [5, 5.41) is 19.8. The number of benzene rings is 1. The van der Waals surface area contributed by atoms with Crippen molar-refractivity contribution in [3.8, 4) is 5.75 Å². The van der Waals surface area contributed by atoms with E-state index in [1.54, 1.807) is 50.0 Å². The normalized spacial score (nSPS) is 12.1. The number of nitrogens with zero attached hydrogens (tertiary/aromatic N) is 4. The molecule has 0 atom stereocenters. The number of methoxy groups -OCH3 is 1. The van der Waals surface area contributed by atoms with Gasteiger partial charge in [-0.3, -0.25) is 4.98 Å². The second-order valence-electron chi connectivity index (χ2n) is 3.98. The van der Waals surface area contributed by atoms with Crippen molar-refractivity contribution < 1.29 is 9.94 Å². The van der Waals surface area contributed by atoms with Gasteiger partial charge in [-0.15, -0.1) is 5.10 Å². The minimum Gasteiger partial charge on any atom is -0.497 e. The Labute approximate surface area is 122 Å². The summed E-state index contributed by atoms with van der Waals surface area (Å²) >= 11 is 0. The lowest BCUT2D eigenvalue weighted by atomic mass is 10.1. The van der Waals surface area contributed by atoms with Gasteiger partial charge in [0.2, 0.25) is 0 Å². The van der Waals surface area contributed by atoms with Crippen LogP contribution in [0.15, 0.2) is 64.2 Å². The summed E-state index contributed by atoms with van der Waals surface area (Å²) in [5.74, 6) is 0.735. The smallest absolute Gasteiger partial charge is 0.118 e. The zero-order chi connectivity index (χ0) is 14.9. The summed E-state index contributed by atoms with van der Waals surface area (Å²) in [4.78, 5) is 3.92. The fourth-order valence-electron chi connectivity index (χ4n) is 1.58. The summed E-state index contributed by atoms with van der Waals surface area (Å²) in [6.45, 7) is 0. The Bertz CT molecular complexity index is 649. The van der Waals surface area contributed by atoms with Gasteiger partial charge in [-0.05, 0) is 42.0 Å². The van der Waals surface area contributed by atoms with Crippen LogP contribution in [0.25, 0.3) is 0 Å². The standard InChI is InChI=1S/C15H14N4O2/c1-21-14-4-2-13(3-5-14)15(11-18-20)19-17-10-12-6-8-16-9-7-12/h2-11,20H,1H3/b17-10-,18-11+,19-15+. The first-order valence-electron chi connectivity index (χ1n) is 6.16. The average Bonchev–Trinajstić information content (AvgIpc) is 2.55. The Balaban J connectivity index is 2.21. The van der Waals surface area contributed by atoms with Crippen molar-refractivity contribution in [2.45, 2.75) is 0 Å². The molecule has 0 amide bonds. The lowest BCUT2D eigenvalue weighted by Crippen LogP contribution is -2.02. The maximum Gasteiger partial charge on any atom is 0.118 e. The molecule has 6 nitrogen and oxygen atoms in total. The first-order chi connectivity index (χ1) is 10.3. The topological polar surface area (TPSA) is 79.4 Å². The highest BCUT2D eigenvalue weighted by Gasteiger charge is 2.01. The Kier molecular flexibility index (Phi) is 5.17. The van der Waals surface area contributed by atoms with Crippen LogP contribution >= 0.6 is 0 Å². The van der Waals surface area contributed by atoms with Crippen LogP contribution in [0.2, 0.25) is 0 Å². The van der Waals surface area contributed by atoms with E-state index < -0.39 is 0 Å². The molecule has 2 aromatic rings. The largest absolute Gasteiger partial charge is 0.497 e. The van der Waals surface area contributed by atoms with Gasteiger partial charge in [0.25, 0.3) is 0 Å². The quantitative estimate of drug-likeness (QED) is 0.519. The van der Waals surface area contributed by atoms with Crippen molar-refractivity contribution >= 4 is 18.1 Å². The maximum absolute atomic E-state index is 8.72. The molecule has 0 bridgehead atoms. The number of hydrogen-bond acceptors (Lipinski definition) is 6. The van der Waals surface area contributed by atoms with Gasteiger partial charge in [0.1, 0.15) is 11.5 Å². The van der Waals surface area contributed by atoms with Crippen LogP contribution in [0.4, 0.5) is 0 Å². The van der Waals surface area contributed by atoms with Gasteiger partial charge in [0.05, 0.1) is 19.5 Å². The van der Waals surface area contributed by atoms with E-state index in [4.69, 9.17) is 9.94 Å². The molecule has 0 aliphatic carbocycles. The number of rotatable bonds is 5. The SMILES string of the molecule is COc1ccc(C(/C=N/O)=N/N=C\c2ccncc2)cc1. The first-order valence-corrected chi connectivity index (χ1v) is 6.16. The number of hydrogen-bond donors (Lipinski definition) is 1. The minimum absolute atomic E-state index is 0.436. The fraction of sp³-hybridized carbons (Fsp3) is 0.0667. The molecule has 1 heterocycles. The molecule has 6 heteroatoms. The Morgan fingerprint density at radius 3 is 2.48 bits per heavy atom. The molecular weight excluding hydrogens is 268 g/mol. The first kappa shape index (κ1) is 14.4. The predicted octanol–water partition coefficient (Wildman–Crippen LogP) is 2.37. The van der Waals surface area contributed by atoms with Crippen molar-refractivity contribution in [1.29, 1.82) is 0 Å². The molecule has 0 radical (unpaired) electrons. The van der Waals surface area contributed by atoms with E-state index >= 15 is 0 Å². The minimum atomic E-state index is 0.436. The third kappa shape index (κ3) is 4.24. The molecule has 2 rings (SSSR count). The van der Waals surface area contributed by atoms with Crippen LogP contribution in [-0.2, 0) is 0 Å². The Hall–Kier alpha value is -3.02. The Morgan fingerprint density at radius 1 is 1.14 bits per heavy atom. The van der Waals surface area contributed by atoms with Gasteiger partial charge in [-0.2, -0.15) is 5.10 Å². The van der Waals surface area contributed by atoms with Gasteiger partial charge < -0.3 is 9.94 Å². The van der Waals surface area contributed by atoms with E-state index in [0.717, 1.165) is 16.9 Å². The molecule has 21 heavy (non-hydrogen) atoms. The molecule has 0 saturated carbocycles. The number of oxime groups is 1. The van der Waals surface area contributed by atoms with Gasteiger partial charge in [-0.25, -0.2) is 0 Å². The number of pyridine rings is 1. The second-order valence-corrected chi connectivity index (χ2v) is 3.98. The van der Waals surface area contributed by atoms with Crippen LogP contribution in [-0.4, -0.2) is 35.4 Å². The van der Waals surface area contributed by atoms with E-state index in [0.29, 0.717) is 5.71 Å². The molecule has 0 fully saturated rings. The molecule has 0 spiro atoms. The summed E-state index contributed by atoms with van der Waals surface area (Å²) in [6.07, 6.45) is 6.16. The molecule has 1 N–H and O–H groups in total. The molecule has 106 valence electrons. The average molecular weight is 282 g/mol. The molecule has 1 aromatic heterocycles. The molecule has 0 aliphatic rings. The summed E-state index contributed by atoms with van der Waals surface area (Å²) in [7, 11) is 1.60. The molecule has 0 aliphatic heterocycles. The lowest BCUT2D eigenvalue weighted by molar-refractivity contribution is 0.322. The van der Waals surface area contributed by atoms with Gasteiger partial charge >= 0.3 is 0 Å². The zero-order valence-electron chi connectivity index (χ0n) is 11.4. The van der Waals surface area contributed by atoms with Crippen LogP contribution in [0, 0.1) is 0 Å². The van der Waals surface area contributed by atoms with Crippen molar-refractivity contribution in [3.05, 3.63) is 59.9 Å². The van der Waals surface area contributed by atoms with Gasteiger partial charge in [0.15, 0.2) is 0 Å². The van der Waals surface area contributed by atoms with E-state index in [1.165, 1.54) is 6.21 Å². The molecule has 1 aromatic carbocycles. The lowest BCUT2D eigenvalue weighted by Gasteiger charge is -2.01. The highest BCUT2D eigenvalue weighted by Crippen LogP contribution is 2.11. The molecule has 0 saturated heterocycles. The molecule has 0 unspecified atom stereocenters. The predicted molar refractivity (Wildman–Crippen MR) is 81.6 cm³/mol. The van der Waals surface area contributed by atoms with Crippen molar-refractivity contribution in [2.24, 2.45) is 15.4 Å². The van der Waals surface area contributed by atoms with Crippen molar-refractivity contribution in [2.75, 3.05) is 7.11 Å². The third-order valence-corrected chi connectivity index (χ3v) is 2.64. The van der Waals surface area contributed by atoms with E-state index in [-0.39, 0.29) is 0 Å². The summed E-state index contributed by atoms with van der Waals surface area (Å²) < 4.78 is 5.09. The highest BCUT2D eigenvalue weighted by atomic mass is 16.5. The van der Waals surface area contributed by atoms with E-state index in [1.807, 2.05) is 12.1 Å². The monoisotopic (exact) mass is 282 g/mol. The summed E-state index contributed by atoms with van der Waals surface area (Å²) in [5.41, 5.74) is 2.08. The van der Waals surface area contributed by atoms with Crippen LogP contribution < -0.4 is 4.74 Å². The van der Waals surface area contributed by atoms with Crippen molar-refractivity contribution in [1.82, 2.24) is 4.98 Å². The zero-order valence-corrected chi connectivity index (χ0v) is 11.4. The second kappa shape index (κ2) is 7.54. The molecular formula is C15H14N4O2. The number of aromatic nitrogens is 1. The Morgan fingerprint density at radius 2 is 1.86 bits per heavy atom. The van der Waals surface area contributed by atoms with Crippen molar-refractivity contribution in [3.63, 3.8) is 0 Å². The van der Waals surface area contributed by atoms with Gasteiger partial charge in [-0.1, -0.05) is 5.16 Å².